The summed E-state index contributed by atoms with van der Waals surface area (Å²) in [6, 6.07) is 12.2. The lowest BCUT2D eigenvalue weighted by molar-refractivity contribution is -0.119. The number of nitrogens with zero attached hydrogens (tertiary/aromatic N) is 2. The van der Waals surface area contributed by atoms with E-state index in [0.717, 1.165) is 27.6 Å². The fraction of sp³-hybridized carbons (Fsp3) is 0.304. The third-order valence-electron chi connectivity index (χ3n) is 5.29. The Morgan fingerprint density at radius 2 is 1.75 bits per heavy atom. The first-order valence-corrected chi connectivity index (χ1v) is 11.9. The molecule has 0 fully saturated rings. The zero-order valence-corrected chi connectivity index (χ0v) is 20.8. The normalized spacial score (nSPS) is 12.7. The van der Waals surface area contributed by atoms with Crippen LogP contribution >= 0.6 is 27.3 Å². The maximum atomic E-state index is 13.0. The lowest BCUT2D eigenvalue weighted by atomic mass is 9.98. The molecular weight excluding hydrogens is 490 g/mol. The highest BCUT2D eigenvalue weighted by molar-refractivity contribution is 9.10. The Hall–Kier alpha value is -2.78. The van der Waals surface area contributed by atoms with Gasteiger partial charge in [-0.05, 0) is 55.2 Å². The van der Waals surface area contributed by atoms with Crippen LogP contribution in [0.3, 0.4) is 0 Å². The minimum atomic E-state index is -0.716. The minimum Gasteiger partial charge on any atom is -0.326 e. The fourth-order valence-corrected chi connectivity index (χ4v) is 4.01. The molecule has 3 aromatic rings. The van der Waals surface area contributed by atoms with Crippen LogP contribution in [-0.2, 0) is 4.79 Å². The van der Waals surface area contributed by atoms with E-state index < -0.39 is 12.1 Å². The Morgan fingerprint density at radius 1 is 1.03 bits per heavy atom. The van der Waals surface area contributed by atoms with Gasteiger partial charge in [-0.25, -0.2) is 4.79 Å². The Balaban J connectivity index is 1.67. The highest BCUT2D eigenvalue weighted by Gasteiger charge is 2.27. The SMILES string of the molecule is CC[C@@H](C)[C@H](NC(=O)Nc1ccc(C)c(C)c1)C(=O)Nc1nnc(-c2ccc(Br)cc2)s1. The van der Waals surface area contributed by atoms with Crippen LogP contribution in [0.25, 0.3) is 10.6 Å². The molecule has 9 heteroatoms. The molecule has 2 aromatic carbocycles. The van der Waals surface area contributed by atoms with Crippen molar-refractivity contribution >= 4 is 50.0 Å². The molecule has 0 aliphatic carbocycles. The van der Waals surface area contributed by atoms with Crippen LogP contribution < -0.4 is 16.0 Å². The zero-order chi connectivity index (χ0) is 23.3. The number of nitrogens with one attached hydrogen (secondary N) is 3. The summed E-state index contributed by atoms with van der Waals surface area (Å²) in [5.41, 5.74) is 3.82. The average Bonchev–Trinajstić information content (AvgIpc) is 3.23. The second-order valence-electron chi connectivity index (χ2n) is 7.67. The smallest absolute Gasteiger partial charge is 0.319 e. The first kappa shape index (κ1) is 23.9. The number of carbonyl (C=O) groups is 2. The fourth-order valence-electron chi connectivity index (χ4n) is 3.00. The van der Waals surface area contributed by atoms with Gasteiger partial charge >= 0.3 is 6.03 Å². The quantitative estimate of drug-likeness (QED) is 0.372. The lowest BCUT2D eigenvalue weighted by Crippen LogP contribution is -2.49. The Labute approximate surface area is 200 Å². The summed E-state index contributed by atoms with van der Waals surface area (Å²) < 4.78 is 0.973. The van der Waals surface area contributed by atoms with Gasteiger partial charge in [0.05, 0.1) is 0 Å². The highest BCUT2D eigenvalue weighted by atomic mass is 79.9. The van der Waals surface area contributed by atoms with Gasteiger partial charge in [0.2, 0.25) is 11.0 Å². The molecular formula is C23H26BrN5O2S. The van der Waals surface area contributed by atoms with Crippen LogP contribution in [0.15, 0.2) is 46.9 Å². The molecule has 0 radical (unpaired) electrons. The van der Waals surface area contributed by atoms with Crippen molar-refractivity contribution in [3.63, 3.8) is 0 Å². The summed E-state index contributed by atoms with van der Waals surface area (Å²) in [7, 11) is 0. The van der Waals surface area contributed by atoms with E-state index >= 15 is 0 Å². The number of carbonyl (C=O) groups excluding carboxylic acids is 2. The van der Waals surface area contributed by atoms with Gasteiger partial charge in [-0.1, -0.05) is 65.7 Å². The van der Waals surface area contributed by atoms with Crippen molar-refractivity contribution in [1.82, 2.24) is 15.5 Å². The molecule has 1 heterocycles. The number of urea groups is 1. The van der Waals surface area contributed by atoms with Crippen LogP contribution in [0.5, 0.6) is 0 Å². The second kappa shape index (κ2) is 10.7. The summed E-state index contributed by atoms with van der Waals surface area (Å²) in [6.07, 6.45) is 0.724. The minimum absolute atomic E-state index is 0.0700. The monoisotopic (exact) mass is 515 g/mol. The van der Waals surface area contributed by atoms with E-state index in [9.17, 15) is 9.59 Å². The molecule has 0 unspecified atom stereocenters. The molecule has 3 rings (SSSR count). The van der Waals surface area contributed by atoms with E-state index in [4.69, 9.17) is 0 Å². The number of hydrogen-bond donors (Lipinski definition) is 3. The van der Waals surface area contributed by atoms with Crippen molar-refractivity contribution < 1.29 is 9.59 Å². The number of halogens is 1. The number of anilines is 2. The molecule has 168 valence electrons. The van der Waals surface area contributed by atoms with Crippen LogP contribution in [-0.4, -0.2) is 28.2 Å². The molecule has 0 spiro atoms. The van der Waals surface area contributed by atoms with Crippen molar-refractivity contribution in [3.05, 3.63) is 58.1 Å². The molecule has 1 aromatic heterocycles. The van der Waals surface area contributed by atoms with Crippen molar-refractivity contribution in [3.8, 4) is 10.6 Å². The first-order valence-electron chi connectivity index (χ1n) is 10.3. The summed E-state index contributed by atoms with van der Waals surface area (Å²) in [4.78, 5) is 25.6. The third kappa shape index (κ3) is 6.14. The molecule has 32 heavy (non-hydrogen) atoms. The van der Waals surface area contributed by atoms with Gasteiger partial charge in [0.25, 0.3) is 0 Å². The Morgan fingerprint density at radius 3 is 2.41 bits per heavy atom. The maximum absolute atomic E-state index is 13.0. The van der Waals surface area contributed by atoms with Crippen molar-refractivity contribution in [2.45, 2.75) is 40.2 Å². The Bertz CT molecular complexity index is 1100. The van der Waals surface area contributed by atoms with Gasteiger partial charge in [0.1, 0.15) is 11.0 Å². The van der Waals surface area contributed by atoms with Crippen molar-refractivity contribution in [2.75, 3.05) is 10.6 Å². The predicted molar refractivity (Wildman–Crippen MR) is 133 cm³/mol. The van der Waals surface area contributed by atoms with E-state index in [0.29, 0.717) is 15.8 Å². The summed E-state index contributed by atoms with van der Waals surface area (Å²) >= 11 is 4.69. The predicted octanol–water partition coefficient (Wildman–Crippen LogP) is 5.76. The molecule has 0 bridgehead atoms. The van der Waals surface area contributed by atoms with Crippen LogP contribution in [0.1, 0.15) is 31.4 Å². The molecule has 0 aliphatic heterocycles. The Kier molecular flexibility index (Phi) is 7.98. The van der Waals surface area contributed by atoms with Crippen molar-refractivity contribution in [1.29, 1.82) is 0 Å². The topological polar surface area (TPSA) is 96.0 Å². The maximum Gasteiger partial charge on any atom is 0.319 e. The summed E-state index contributed by atoms with van der Waals surface area (Å²) in [5, 5.41) is 17.7. The second-order valence-corrected chi connectivity index (χ2v) is 9.56. The lowest BCUT2D eigenvalue weighted by Gasteiger charge is -2.23. The molecule has 2 atom stereocenters. The van der Waals surface area contributed by atoms with Gasteiger partial charge in [0.15, 0.2) is 0 Å². The van der Waals surface area contributed by atoms with E-state index in [1.165, 1.54) is 11.3 Å². The van der Waals surface area contributed by atoms with Crippen LogP contribution in [0.4, 0.5) is 15.6 Å². The van der Waals surface area contributed by atoms with Crippen LogP contribution in [0.2, 0.25) is 0 Å². The van der Waals surface area contributed by atoms with Gasteiger partial charge in [0, 0.05) is 15.7 Å². The summed E-state index contributed by atoms with van der Waals surface area (Å²) in [6.45, 7) is 7.90. The highest BCUT2D eigenvalue weighted by Crippen LogP contribution is 2.27. The molecule has 7 nitrogen and oxygen atoms in total. The van der Waals surface area contributed by atoms with E-state index in [1.807, 2.05) is 70.2 Å². The standard InChI is InChI=1S/C23H26BrN5O2S/c1-5-13(2)19(26-22(31)25-18-11-6-14(3)15(4)12-18)20(30)27-23-29-28-21(32-23)16-7-9-17(24)10-8-16/h6-13,19H,5H2,1-4H3,(H2,25,26,31)(H,27,29,30)/t13-,19+/m1/s1. The third-order valence-corrected chi connectivity index (χ3v) is 6.71. The summed E-state index contributed by atoms with van der Waals surface area (Å²) in [5.74, 6) is -0.396. The van der Waals surface area contributed by atoms with Gasteiger partial charge < -0.3 is 10.6 Å². The number of hydrogen-bond acceptors (Lipinski definition) is 5. The molecule has 0 saturated heterocycles. The van der Waals surface area contributed by atoms with Gasteiger partial charge in [-0.3, -0.25) is 10.1 Å². The van der Waals surface area contributed by atoms with Crippen LogP contribution in [0, 0.1) is 19.8 Å². The van der Waals surface area contributed by atoms with E-state index in [2.05, 4.69) is 42.1 Å². The van der Waals surface area contributed by atoms with Gasteiger partial charge in [-0.15, -0.1) is 10.2 Å². The average molecular weight is 516 g/mol. The van der Waals surface area contributed by atoms with Crippen molar-refractivity contribution in [2.24, 2.45) is 5.92 Å². The molecule has 0 saturated carbocycles. The largest absolute Gasteiger partial charge is 0.326 e. The number of benzene rings is 2. The zero-order valence-electron chi connectivity index (χ0n) is 18.4. The first-order chi connectivity index (χ1) is 15.3. The van der Waals surface area contributed by atoms with E-state index in [1.54, 1.807) is 0 Å². The number of aryl methyl sites for hydroxylation is 2. The number of rotatable bonds is 7. The molecule has 0 aliphatic rings. The number of aromatic nitrogens is 2. The van der Waals surface area contributed by atoms with Gasteiger partial charge in [-0.2, -0.15) is 0 Å². The molecule has 3 N–H and O–H groups in total. The number of amides is 3. The van der Waals surface area contributed by atoms with E-state index in [-0.39, 0.29) is 11.8 Å². The molecule has 3 amide bonds.